The van der Waals surface area contributed by atoms with Crippen molar-refractivity contribution >= 4 is 11.6 Å². The lowest BCUT2D eigenvalue weighted by atomic mass is 10.3. The Morgan fingerprint density at radius 3 is 2.81 bits per heavy atom. The van der Waals surface area contributed by atoms with Gasteiger partial charge in [0.15, 0.2) is 11.6 Å². The highest BCUT2D eigenvalue weighted by Gasteiger charge is 2.28. The lowest BCUT2D eigenvalue weighted by Gasteiger charge is -2.24. The SMILES string of the molecule is CC(CNc1nccnc1N)N(C)C1CC1. The summed E-state index contributed by atoms with van der Waals surface area (Å²) in [6.07, 6.45) is 5.90. The van der Waals surface area contributed by atoms with Gasteiger partial charge in [0.05, 0.1) is 0 Å². The molecule has 1 aliphatic rings. The highest BCUT2D eigenvalue weighted by molar-refractivity contribution is 5.54. The maximum absolute atomic E-state index is 5.71. The van der Waals surface area contributed by atoms with Gasteiger partial charge in [-0.3, -0.25) is 4.90 Å². The minimum absolute atomic E-state index is 0.462. The summed E-state index contributed by atoms with van der Waals surface area (Å²) in [5.41, 5.74) is 5.71. The Kier molecular flexibility index (Phi) is 3.24. The Bertz CT molecular complexity index is 350. The van der Waals surface area contributed by atoms with E-state index in [-0.39, 0.29) is 0 Å². The highest BCUT2D eigenvalue weighted by atomic mass is 15.2. The van der Waals surface area contributed by atoms with Gasteiger partial charge < -0.3 is 11.1 Å². The molecule has 0 amide bonds. The third-order valence-corrected chi connectivity index (χ3v) is 3.11. The molecule has 1 aliphatic carbocycles. The number of hydrogen-bond donors (Lipinski definition) is 2. The van der Waals surface area contributed by atoms with Gasteiger partial charge in [0.25, 0.3) is 0 Å². The van der Waals surface area contributed by atoms with Crippen molar-refractivity contribution < 1.29 is 0 Å². The molecule has 0 saturated heterocycles. The van der Waals surface area contributed by atoms with E-state index in [2.05, 4.69) is 34.2 Å². The number of anilines is 2. The van der Waals surface area contributed by atoms with Crippen molar-refractivity contribution in [3.8, 4) is 0 Å². The Morgan fingerprint density at radius 1 is 1.50 bits per heavy atom. The molecule has 0 spiro atoms. The van der Waals surface area contributed by atoms with Crippen LogP contribution in [0, 0.1) is 0 Å². The van der Waals surface area contributed by atoms with Gasteiger partial charge in [-0.15, -0.1) is 0 Å². The zero-order valence-electron chi connectivity index (χ0n) is 9.85. The molecule has 16 heavy (non-hydrogen) atoms. The average Bonchev–Trinajstić information content (AvgIpc) is 3.10. The Morgan fingerprint density at radius 2 is 2.19 bits per heavy atom. The van der Waals surface area contributed by atoms with Crippen molar-refractivity contribution in [2.24, 2.45) is 0 Å². The molecular weight excluding hydrogens is 202 g/mol. The van der Waals surface area contributed by atoms with Crippen LogP contribution in [0.5, 0.6) is 0 Å². The van der Waals surface area contributed by atoms with E-state index in [0.717, 1.165) is 12.6 Å². The maximum Gasteiger partial charge on any atom is 0.168 e. The Labute approximate surface area is 96.1 Å². The predicted octanol–water partition coefficient (Wildman–Crippen LogP) is 0.953. The Hall–Kier alpha value is -1.36. The molecule has 5 heteroatoms. The van der Waals surface area contributed by atoms with E-state index in [4.69, 9.17) is 5.73 Å². The largest absolute Gasteiger partial charge is 0.381 e. The number of nitrogens with zero attached hydrogens (tertiary/aromatic N) is 3. The Balaban J connectivity index is 1.84. The molecule has 3 N–H and O–H groups in total. The van der Waals surface area contributed by atoms with Crippen molar-refractivity contribution in [3.63, 3.8) is 0 Å². The van der Waals surface area contributed by atoms with Gasteiger partial charge in [0.1, 0.15) is 0 Å². The van der Waals surface area contributed by atoms with Gasteiger partial charge in [-0.25, -0.2) is 9.97 Å². The molecule has 1 fully saturated rings. The first kappa shape index (κ1) is 11.1. The normalized spacial score (nSPS) is 17.4. The van der Waals surface area contributed by atoms with E-state index in [9.17, 15) is 0 Å². The quantitative estimate of drug-likeness (QED) is 0.775. The molecule has 2 rings (SSSR count). The van der Waals surface area contributed by atoms with Crippen LogP contribution in [0.4, 0.5) is 11.6 Å². The summed E-state index contributed by atoms with van der Waals surface area (Å²) in [4.78, 5) is 10.5. The lowest BCUT2D eigenvalue weighted by molar-refractivity contribution is 0.257. The zero-order chi connectivity index (χ0) is 11.5. The molecule has 1 atom stereocenters. The minimum Gasteiger partial charge on any atom is -0.381 e. The molecule has 1 aromatic heterocycles. The second-order valence-corrected chi connectivity index (χ2v) is 4.42. The summed E-state index contributed by atoms with van der Waals surface area (Å²) in [5, 5.41) is 3.24. The van der Waals surface area contributed by atoms with Crippen LogP contribution in [-0.4, -0.2) is 40.5 Å². The van der Waals surface area contributed by atoms with Gasteiger partial charge in [-0.05, 0) is 26.8 Å². The predicted molar refractivity (Wildman–Crippen MR) is 65.2 cm³/mol. The van der Waals surface area contributed by atoms with E-state index >= 15 is 0 Å². The van der Waals surface area contributed by atoms with Gasteiger partial charge in [0, 0.05) is 31.0 Å². The molecule has 5 nitrogen and oxygen atoms in total. The van der Waals surface area contributed by atoms with Crippen LogP contribution < -0.4 is 11.1 Å². The van der Waals surface area contributed by atoms with E-state index in [1.807, 2.05) is 0 Å². The molecule has 1 aromatic rings. The number of nitrogen functional groups attached to an aromatic ring is 1. The molecule has 0 aliphatic heterocycles. The standard InChI is InChI=1S/C11H19N5/c1-8(16(2)9-3-4-9)7-15-11-10(12)13-5-6-14-11/h5-6,8-9H,3-4,7H2,1-2H3,(H2,12,13)(H,14,15). The molecule has 0 bridgehead atoms. The molecule has 1 saturated carbocycles. The van der Waals surface area contributed by atoms with Crippen LogP contribution in [0.1, 0.15) is 19.8 Å². The summed E-state index contributed by atoms with van der Waals surface area (Å²) in [6.45, 7) is 3.05. The molecule has 0 aromatic carbocycles. The first-order valence-electron chi connectivity index (χ1n) is 5.70. The van der Waals surface area contributed by atoms with Crippen LogP contribution >= 0.6 is 0 Å². The second kappa shape index (κ2) is 4.65. The lowest BCUT2D eigenvalue weighted by Crippen LogP contribution is -2.36. The molecule has 1 unspecified atom stereocenters. The van der Waals surface area contributed by atoms with Crippen molar-refractivity contribution in [2.75, 3.05) is 24.6 Å². The van der Waals surface area contributed by atoms with Crippen LogP contribution in [0.2, 0.25) is 0 Å². The highest BCUT2D eigenvalue weighted by Crippen LogP contribution is 2.26. The average molecular weight is 221 g/mol. The van der Waals surface area contributed by atoms with Crippen LogP contribution in [0.25, 0.3) is 0 Å². The second-order valence-electron chi connectivity index (χ2n) is 4.42. The minimum atomic E-state index is 0.462. The summed E-state index contributed by atoms with van der Waals surface area (Å²) in [5.74, 6) is 1.14. The fourth-order valence-corrected chi connectivity index (χ4v) is 1.72. The summed E-state index contributed by atoms with van der Waals surface area (Å²) in [7, 11) is 2.17. The van der Waals surface area contributed by atoms with Crippen molar-refractivity contribution in [1.82, 2.24) is 14.9 Å². The van der Waals surface area contributed by atoms with E-state index < -0.39 is 0 Å². The third-order valence-electron chi connectivity index (χ3n) is 3.11. The number of nitrogens with two attached hydrogens (primary N) is 1. The van der Waals surface area contributed by atoms with Crippen LogP contribution in [0.15, 0.2) is 12.4 Å². The van der Waals surface area contributed by atoms with Gasteiger partial charge in [-0.1, -0.05) is 0 Å². The first-order chi connectivity index (χ1) is 7.68. The molecule has 0 radical (unpaired) electrons. The number of nitrogens with one attached hydrogen (secondary N) is 1. The molecular formula is C11H19N5. The van der Waals surface area contributed by atoms with Crippen LogP contribution in [-0.2, 0) is 0 Å². The van der Waals surface area contributed by atoms with E-state index in [1.165, 1.54) is 12.8 Å². The molecule has 1 heterocycles. The fourth-order valence-electron chi connectivity index (χ4n) is 1.72. The van der Waals surface area contributed by atoms with Gasteiger partial charge in [0.2, 0.25) is 0 Å². The van der Waals surface area contributed by atoms with Crippen molar-refractivity contribution in [1.29, 1.82) is 0 Å². The number of likely N-dealkylation sites (N-methyl/N-ethyl adjacent to an activating group) is 1. The van der Waals surface area contributed by atoms with Crippen molar-refractivity contribution in [3.05, 3.63) is 12.4 Å². The molecule has 88 valence electrons. The number of hydrogen-bond acceptors (Lipinski definition) is 5. The maximum atomic E-state index is 5.71. The van der Waals surface area contributed by atoms with E-state index in [0.29, 0.717) is 17.7 Å². The first-order valence-corrected chi connectivity index (χ1v) is 5.70. The van der Waals surface area contributed by atoms with Crippen LogP contribution in [0.3, 0.4) is 0 Å². The number of rotatable bonds is 5. The fraction of sp³-hybridized carbons (Fsp3) is 0.636. The van der Waals surface area contributed by atoms with E-state index in [1.54, 1.807) is 12.4 Å². The summed E-state index contributed by atoms with van der Waals surface area (Å²) >= 11 is 0. The zero-order valence-corrected chi connectivity index (χ0v) is 9.85. The van der Waals surface area contributed by atoms with Gasteiger partial charge in [-0.2, -0.15) is 0 Å². The topological polar surface area (TPSA) is 67.1 Å². The van der Waals surface area contributed by atoms with Crippen molar-refractivity contribution in [2.45, 2.75) is 31.8 Å². The summed E-state index contributed by atoms with van der Waals surface area (Å²) < 4.78 is 0. The third kappa shape index (κ3) is 2.61. The number of aromatic nitrogens is 2. The van der Waals surface area contributed by atoms with Gasteiger partial charge >= 0.3 is 0 Å². The summed E-state index contributed by atoms with van der Waals surface area (Å²) in [6, 6.07) is 1.25. The smallest absolute Gasteiger partial charge is 0.168 e. The monoisotopic (exact) mass is 221 g/mol.